The molecule has 0 aliphatic carbocycles. The van der Waals surface area contributed by atoms with Gasteiger partial charge in [-0.2, -0.15) is 0 Å². The molecule has 1 aliphatic heterocycles. The fraction of sp³-hybridized carbons (Fsp3) is 0.0556. The van der Waals surface area contributed by atoms with E-state index < -0.39 is 0 Å². The van der Waals surface area contributed by atoms with E-state index in [0.717, 1.165) is 22.2 Å². The number of carbonyl (C=O) groups is 1. The number of amides is 1. The average molecular weight is 352 g/mol. The van der Waals surface area contributed by atoms with Gasteiger partial charge in [-0.1, -0.05) is 54.3 Å². The molecule has 1 amide bonds. The van der Waals surface area contributed by atoms with Crippen molar-refractivity contribution in [2.45, 2.75) is 6.92 Å². The third-order valence-corrected chi connectivity index (χ3v) is 5.14. The van der Waals surface area contributed by atoms with Crippen molar-refractivity contribution >= 4 is 50.9 Å². The number of nitrogens with one attached hydrogen (secondary N) is 1. The summed E-state index contributed by atoms with van der Waals surface area (Å²) in [4.78, 5) is 17.3. The maximum Gasteiger partial charge on any atom is 0.263 e. The standard InChI is InChI=1S/C18H12N2O2S2/c1-10(15-16(21)20-18(23)24-15)12-8-5-9-13-14(12)19-17(22-13)11-6-3-2-4-7-11/h2-9H,1H3,(H,20,21,23)/b15-10-. The minimum absolute atomic E-state index is 0.161. The number of para-hydroxylation sites is 1. The first-order valence-electron chi connectivity index (χ1n) is 7.33. The van der Waals surface area contributed by atoms with E-state index in [1.54, 1.807) is 0 Å². The molecular formula is C18H12N2O2S2. The summed E-state index contributed by atoms with van der Waals surface area (Å²) in [7, 11) is 0. The van der Waals surface area contributed by atoms with E-state index in [4.69, 9.17) is 16.6 Å². The second-order valence-corrected chi connectivity index (χ2v) is 7.02. The number of hydrogen-bond acceptors (Lipinski definition) is 5. The molecule has 1 aliphatic rings. The molecule has 1 aromatic heterocycles. The summed E-state index contributed by atoms with van der Waals surface area (Å²) in [5, 5.41) is 2.65. The van der Waals surface area contributed by atoms with E-state index in [-0.39, 0.29) is 5.91 Å². The summed E-state index contributed by atoms with van der Waals surface area (Å²) in [5.74, 6) is 0.404. The number of nitrogens with zero attached hydrogens (tertiary/aromatic N) is 1. The Bertz CT molecular complexity index is 1010. The van der Waals surface area contributed by atoms with Crippen LogP contribution in [-0.4, -0.2) is 15.2 Å². The van der Waals surface area contributed by atoms with Gasteiger partial charge in [0.05, 0.1) is 4.91 Å². The lowest BCUT2D eigenvalue weighted by atomic mass is 10.1. The first-order valence-corrected chi connectivity index (χ1v) is 8.55. The van der Waals surface area contributed by atoms with Gasteiger partial charge in [0.1, 0.15) is 9.84 Å². The van der Waals surface area contributed by atoms with Gasteiger partial charge in [-0.25, -0.2) is 4.98 Å². The lowest BCUT2D eigenvalue weighted by molar-refractivity contribution is -0.115. The lowest BCUT2D eigenvalue weighted by Crippen LogP contribution is -2.18. The SMILES string of the molecule is C/C(=C1/SC(=S)NC1=O)c1cccc2oc(-c3ccccc3)nc12. The van der Waals surface area contributed by atoms with Gasteiger partial charge in [0.25, 0.3) is 5.91 Å². The molecule has 0 atom stereocenters. The van der Waals surface area contributed by atoms with Crippen molar-refractivity contribution in [1.29, 1.82) is 0 Å². The number of benzene rings is 2. The van der Waals surface area contributed by atoms with Crippen LogP contribution in [0.2, 0.25) is 0 Å². The normalized spacial score (nSPS) is 16.5. The van der Waals surface area contributed by atoms with Crippen molar-refractivity contribution < 1.29 is 9.21 Å². The van der Waals surface area contributed by atoms with Gasteiger partial charge < -0.3 is 9.73 Å². The summed E-state index contributed by atoms with van der Waals surface area (Å²) in [6.07, 6.45) is 0. The minimum atomic E-state index is -0.161. The van der Waals surface area contributed by atoms with Crippen LogP contribution in [0.25, 0.3) is 28.1 Å². The fourth-order valence-electron chi connectivity index (χ4n) is 2.64. The van der Waals surface area contributed by atoms with E-state index >= 15 is 0 Å². The van der Waals surface area contributed by atoms with E-state index in [2.05, 4.69) is 10.3 Å². The van der Waals surface area contributed by atoms with Gasteiger partial charge in [-0.15, -0.1) is 0 Å². The highest BCUT2D eigenvalue weighted by Gasteiger charge is 2.26. The van der Waals surface area contributed by atoms with Crippen molar-refractivity contribution in [2.75, 3.05) is 0 Å². The van der Waals surface area contributed by atoms with Gasteiger partial charge in [0.2, 0.25) is 5.89 Å². The third-order valence-electron chi connectivity index (χ3n) is 3.80. The molecule has 2 heterocycles. The van der Waals surface area contributed by atoms with E-state index in [1.165, 1.54) is 11.8 Å². The van der Waals surface area contributed by atoms with Gasteiger partial charge >= 0.3 is 0 Å². The van der Waals surface area contributed by atoms with Crippen LogP contribution in [0.3, 0.4) is 0 Å². The molecule has 0 bridgehead atoms. The zero-order valence-electron chi connectivity index (χ0n) is 12.7. The molecule has 1 N–H and O–H groups in total. The quantitative estimate of drug-likeness (QED) is 0.548. The molecule has 118 valence electrons. The molecule has 4 nitrogen and oxygen atoms in total. The van der Waals surface area contributed by atoms with E-state index in [1.807, 2.05) is 55.5 Å². The van der Waals surface area contributed by atoms with Gasteiger partial charge in [-0.3, -0.25) is 4.79 Å². The molecule has 3 aromatic rings. The van der Waals surface area contributed by atoms with Crippen LogP contribution < -0.4 is 5.32 Å². The van der Waals surface area contributed by atoms with Crippen LogP contribution >= 0.6 is 24.0 Å². The first kappa shape index (κ1) is 15.1. The lowest BCUT2D eigenvalue weighted by Gasteiger charge is -2.04. The van der Waals surface area contributed by atoms with Crippen LogP contribution in [0.5, 0.6) is 0 Å². The Morgan fingerprint density at radius 1 is 1.17 bits per heavy atom. The smallest absolute Gasteiger partial charge is 0.263 e. The summed E-state index contributed by atoms with van der Waals surface area (Å²) in [6.45, 7) is 1.90. The van der Waals surface area contributed by atoms with Crippen molar-refractivity contribution in [3.63, 3.8) is 0 Å². The second kappa shape index (κ2) is 5.89. The number of fused-ring (bicyclic) bond motifs is 1. The Morgan fingerprint density at radius 3 is 2.67 bits per heavy atom. The fourth-order valence-corrected chi connectivity index (χ4v) is 3.72. The number of thiocarbonyl (C=S) groups is 1. The highest BCUT2D eigenvalue weighted by Crippen LogP contribution is 2.35. The van der Waals surface area contributed by atoms with Crippen LogP contribution in [0.1, 0.15) is 12.5 Å². The maximum absolute atomic E-state index is 12.0. The molecule has 1 fully saturated rings. The van der Waals surface area contributed by atoms with Gasteiger partial charge in [0.15, 0.2) is 5.58 Å². The zero-order valence-corrected chi connectivity index (χ0v) is 14.3. The Morgan fingerprint density at radius 2 is 1.96 bits per heavy atom. The number of carbonyl (C=O) groups excluding carboxylic acids is 1. The Kier molecular flexibility index (Phi) is 3.70. The van der Waals surface area contributed by atoms with Crippen molar-refractivity contribution in [3.8, 4) is 11.5 Å². The minimum Gasteiger partial charge on any atom is -0.436 e. The summed E-state index contributed by atoms with van der Waals surface area (Å²) in [5.41, 5.74) is 4.07. The number of hydrogen-bond donors (Lipinski definition) is 1. The highest BCUT2D eigenvalue weighted by atomic mass is 32.2. The molecule has 0 spiro atoms. The molecule has 0 unspecified atom stereocenters. The molecule has 0 radical (unpaired) electrons. The topological polar surface area (TPSA) is 55.1 Å². The number of thioether (sulfide) groups is 1. The largest absolute Gasteiger partial charge is 0.436 e. The number of oxazole rings is 1. The predicted octanol–water partition coefficient (Wildman–Crippen LogP) is 4.37. The van der Waals surface area contributed by atoms with Crippen LogP contribution in [0, 0.1) is 0 Å². The molecule has 4 rings (SSSR count). The first-order chi connectivity index (χ1) is 11.6. The Labute approximate surface area is 148 Å². The monoisotopic (exact) mass is 352 g/mol. The summed E-state index contributed by atoms with van der Waals surface area (Å²) < 4.78 is 6.37. The molecular weight excluding hydrogens is 340 g/mol. The second-order valence-electron chi connectivity index (χ2n) is 5.34. The summed E-state index contributed by atoms with van der Waals surface area (Å²) in [6, 6.07) is 15.5. The van der Waals surface area contributed by atoms with Crippen molar-refractivity contribution in [1.82, 2.24) is 10.3 Å². The van der Waals surface area contributed by atoms with Gasteiger partial charge in [-0.05, 0) is 30.7 Å². The summed E-state index contributed by atoms with van der Waals surface area (Å²) >= 11 is 6.35. The molecule has 0 saturated carbocycles. The van der Waals surface area contributed by atoms with Crippen molar-refractivity contribution in [3.05, 3.63) is 59.0 Å². The zero-order chi connectivity index (χ0) is 16.7. The van der Waals surface area contributed by atoms with Crippen LogP contribution in [0.4, 0.5) is 0 Å². The third kappa shape index (κ3) is 2.53. The van der Waals surface area contributed by atoms with Crippen LogP contribution in [0.15, 0.2) is 57.9 Å². The van der Waals surface area contributed by atoms with Crippen molar-refractivity contribution in [2.24, 2.45) is 0 Å². The Balaban J connectivity index is 1.88. The maximum atomic E-state index is 12.0. The average Bonchev–Trinajstić information content (AvgIpc) is 3.17. The molecule has 24 heavy (non-hydrogen) atoms. The number of aromatic nitrogens is 1. The Hall–Kier alpha value is -2.44. The number of rotatable bonds is 2. The highest BCUT2D eigenvalue weighted by molar-refractivity contribution is 8.26. The van der Waals surface area contributed by atoms with E-state index in [0.29, 0.717) is 20.7 Å². The van der Waals surface area contributed by atoms with E-state index in [9.17, 15) is 4.79 Å². The van der Waals surface area contributed by atoms with Gasteiger partial charge in [0, 0.05) is 11.1 Å². The molecule has 2 aromatic carbocycles. The predicted molar refractivity (Wildman–Crippen MR) is 100 cm³/mol. The molecule has 6 heteroatoms. The number of allylic oxidation sites excluding steroid dienone is 1. The van der Waals surface area contributed by atoms with Crippen LogP contribution in [-0.2, 0) is 4.79 Å². The molecule has 1 saturated heterocycles.